The van der Waals surface area contributed by atoms with Crippen molar-refractivity contribution in [3.63, 3.8) is 0 Å². The number of nitrogens with one attached hydrogen (secondary N) is 1. The van der Waals surface area contributed by atoms with Gasteiger partial charge in [-0.2, -0.15) is 5.26 Å². The molecule has 0 aliphatic carbocycles. The Hall–Kier alpha value is -3.29. The Morgan fingerprint density at radius 3 is 2.50 bits per heavy atom. The molecule has 6 nitrogen and oxygen atoms in total. The average Bonchev–Trinajstić information content (AvgIpc) is 3.27. The van der Waals surface area contributed by atoms with Crippen LogP contribution in [0.2, 0.25) is 10.0 Å². The zero-order valence-electron chi connectivity index (χ0n) is 20.2. The molecule has 1 aromatic heterocycles. The maximum Gasteiger partial charge on any atom is 0.286 e. The van der Waals surface area contributed by atoms with E-state index in [2.05, 4.69) is 23.3 Å². The van der Waals surface area contributed by atoms with Crippen LogP contribution in [0.3, 0.4) is 0 Å². The highest BCUT2D eigenvalue weighted by Crippen LogP contribution is 2.33. The van der Waals surface area contributed by atoms with Gasteiger partial charge in [0.05, 0.1) is 16.8 Å². The minimum atomic E-state index is -0.223. The van der Waals surface area contributed by atoms with Gasteiger partial charge in [-0.15, -0.1) is 0 Å². The summed E-state index contributed by atoms with van der Waals surface area (Å²) in [5.41, 5.74) is 6.60. The number of nitrogens with zero attached hydrogens (tertiary/aromatic N) is 4. The first-order valence-corrected chi connectivity index (χ1v) is 12.9. The molecule has 1 saturated heterocycles. The zero-order chi connectivity index (χ0) is 25.5. The van der Waals surface area contributed by atoms with Crippen LogP contribution in [0.4, 0.5) is 0 Å². The Morgan fingerprint density at radius 1 is 1.08 bits per heavy atom. The van der Waals surface area contributed by atoms with Crippen molar-refractivity contribution in [2.75, 3.05) is 13.1 Å². The van der Waals surface area contributed by atoms with Crippen LogP contribution in [0, 0.1) is 23.2 Å². The van der Waals surface area contributed by atoms with Gasteiger partial charge in [0, 0.05) is 47.8 Å². The van der Waals surface area contributed by atoms with E-state index in [4.69, 9.17) is 33.4 Å². The molecule has 0 radical (unpaired) electrons. The molecule has 2 heterocycles. The number of hydrazine groups is 1. The molecule has 0 unspecified atom stereocenters. The Balaban J connectivity index is 1.77. The number of aromatic nitrogens is 2. The lowest BCUT2D eigenvalue weighted by Gasteiger charge is -2.26. The second kappa shape index (κ2) is 12.1. The van der Waals surface area contributed by atoms with E-state index < -0.39 is 0 Å². The molecule has 0 spiro atoms. The lowest BCUT2D eigenvalue weighted by atomic mass is 10.1. The zero-order valence-corrected chi connectivity index (χ0v) is 21.7. The molecule has 1 N–H and O–H groups in total. The molecule has 1 aliphatic heterocycles. The third-order valence-corrected chi connectivity index (χ3v) is 6.58. The van der Waals surface area contributed by atoms with E-state index in [0.717, 1.165) is 42.9 Å². The highest BCUT2D eigenvalue weighted by Gasteiger charge is 2.26. The van der Waals surface area contributed by atoms with Gasteiger partial charge in [-0.3, -0.25) is 14.8 Å². The predicted molar refractivity (Wildman–Crippen MR) is 143 cm³/mol. The van der Waals surface area contributed by atoms with E-state index >= 15 is 0 Å². The fourth-order valence-corrected chi connectivity index (χ4v) is 4.76. The third kappa shape index (κ3) is 5.91. The lowest BCUT2D eigenvalue weighted by molar-refractivity contribution is 0.0744. The van der Waals surface area contributed by atoms with E-state index in [0.29, 0.717) is 46.4 Å². The topological polar surface area (TPSA) is 74.0 Å². The van der Waals surface area contributed by atoms with Gasteiger partial charge < -0.3 is 0 Å². The van der Waals surface area contributed by atoms with Crippen molar-refractivity contribution in [3.8, 4) is 35.0 Å². The van der Waals surface area contributed by atoms with E-state index in [1.54, 1.807) is 12.1 Å². The van der Waals surface area contributed by atoms with Crippen LogP contribution >= 0.6 is 23.2 Å². The largest absolute Gasteiger partial charge is 0.296 e. The molecule has 184 valence electrons. The second-order valence-electron chi connectivity index (χ2n) is 8.54. The average molecular weight is 520 g/mol. The molecule has 1 amide bonds. The first-order chi connectivity index (χ1) is 17.5. The number of amides is 1. The summed E-state index contributed by atoms with van der Waals surface area (Å²) in [7, 11) is 0. The minimum Gasteiger partial charge on any atom is -0.296 e. The van der Waals surface area contributed by atoms with Crippen molar-refractivity contribution in [2.24, 2.45) is 0 Å². The summed E-state index contributed by atoms with van der Waals surface area (Å²) in [4.78, 5) is 18.2. The fraction of sp³-hybridized carbons (Fsp3) is 0.321. The molecule has 0 bridgehead atoms. The van der Waals surface area contributed by atoms with Crippen molar-refractivity contribution in [1.82, 2.24) is 20.0 Å². The van der Waals surface area contributed by atoms with E-state index in [1.807, 2.05) is 46.8 Å². The first-order valence-electron chi connectivity index (χ1n) is 12.1. The Kier molecular flexibility index (Phi) is 8.67. The third-order valence-electron chi connectivity index (χ3n) is 6.03. The Bertz CT molecular complexity index is 1340. The van der Waals surface area contributed by atoms with Crippen LogP contribution < -0.4 is 5.43 Å². The van der Waals surface area contributed by atoms with Gasteiger partial charge in [-0.25, -0.2) is 9.99 Å². The van der Waals surface area contributed by atoms with Gasteiger partial charge in [0.2, 0.25) is 0 Å². The van der Waals surface area contributed by atoms with Crippen LogP contribution in [0.1, 0.15) is 60.8 Å². The number of unbranched alkanes of at least 4 members (excludes halogenated alkanes) is 1. The molecule has 0 saturated carbocycles. The summed E-state index contributed by atoms with van der Waals surface area (Å²) < 4.78 is 1.98. The van der Waals surface area contributed by atoms with Crippen molar-refractivity contribution < 1.29 is 4.79 Å². The molecule has 36 heavy (non-hydrogen) atoms. The molecular weight excluding hydrogens is 493 g/mol. The number of carbonyl (C=O) groups excluding carboxylic acids is 1. The SMILES string of the molecule is CCc1c(C(=O)NN2CCCCC2)nc(-c2ccc(Cl)cc2Cl)n1-c1ccc(C#CCCC#N)cc1. The first kappa shape index (κ1) is 25.8. The molecule has 8 heteroatoms. The molecule has 2 aromatic carbocycles. The summed E-state index contributed by atoms with van der Waals surface area (Å²) in [6, 6.07) is 15.1. The van der Waals surface area contributed by atoms with Gasteiger partial charge in [0.1, 0.15) is 5.82 Å². The summed E-state index contributed by atoms with van der Waals surface area (Å²) in [5.74, 6) is 6.45. The van der Waals surface area contributed by atoms with Crippen LogP contribution in [0.15, 0.2) is 42.5 Å². The molecular formula is C28H27Cl2N5O. The van der Waals surface area contributed by atoms with E-state index in [1.165, 1.54) is 6.42 Å². The van der Waals surface area contributed by atoms with Gasteiger partial charge >= 0.3 is 0 Å². The summed E-state index contributed by atoms with van der Waals surface area (Å²) in [6.07, 6.45) is 4.84. The number of halogens is 2. The van der Waals surface area contributed by atoms with Crippen molar-refractivity contribution >= 4 is 29.1 Å². The van der Waals surface area contributed by atoms with Crippen molar-refractivity contribution in [3.05, 3.63) is 69.5 Å². The number of imidazole rings is 1. The van der Waals surface area contributed by atoms with Crippen LogP contribution in [0.5, 0.6) is 0 Å². The van der Waals surface area contributed by atoms with E-state index in [9.17, 15) is 4.79 Å². The lowest BCUT2D eigenvalue weighted by Crippen LogP contribution is -2.45. The van der Waals surface area contributed by atoms with Gasteiger partial charge in [-0.05, 0) is 61.7 Å². The fourth-order valence-electron chi connectivity index (χ4n) is 4.27. The maximum absolute atomic E-state index is 13.4. The summed E-state index contributed by atoms with van der Waals surface area (Å²) in [6.45, 7) is 3.68. The van der Waals surface area contributed by atoms with Crippen LogP contribution in [-0.4, -0.2) is 33.6 Å². The maximum atomic E-state index is 13.4. The summed E-state index contributed by atoms with van der Waals surface area (Å²) >= 11 is 12.7. The number of hydrogen-bond donors (Lipinski definition) is 1. The number of nitriles is 1. The molecule has 1 fully saturated rings. The molecule has 1 aliphatic rings. The standard InChI is InChI=1S/C28H27Cl2N5O/c1-2-25-26(28(36)33-34-17-7-4-8-18-34)32-27(23-15-12-21(29)19-24(23)30)35(25)22-13-10-20(11-14-22)9-5-3-6-16-31/h10-15,19H,2-4,6-8,17-18H2,1H3,(H,33,36). The normalized spacial score (nSPS) is 13.5. The van der Waals surface area contributed by atoms with Gasteiger partial charge in [0.25, 0.3) is 5.91 Å². The molecule has 3 aromatic rings. The van der Waals surface area contributed by atoms with E-state index in [-0.39, 0.29) is 5.91 Å². The minimum absolute atomic E-state index is 0.223. The van der Waals surface area contributed by atoms with Gasteiger partial charge in [-0.1, -0.05) is 48.4 Å². The Labute approximate surface area is 221 Å². The predicted octanol–water partition coefficient (Wildman–Crippen LogP) is 6.19. The second-order valence-corrected chi connectivity index (χ2v) is 9.38. The smallest absolute Gasteiger partial charge is 0.286 e. The molecule has 4 rings (SSSR count). The van der Waals surface area contributed by atoms with Crippen LogP contribution in [-0.2, 0) is 6.42 Å². The van der Waals surface area contributed by atoms with Gasteiger partial charge in [0.15, 0.2) is 5.69 Å². The Morgan fingerprint density at radius 2 is 1.83 bits per heavy atom. The quantitative estimate of drug-likeness (QED) is 0.311. The number of hydrogen-bond acceptors (Lipinski definition) is 4. The van der Waals surface area contributed by atoms with Crippen molar-refractivity contribution in [1.29, 1.82) is 5.26 Å². The highest BCUT2D eigenvalue weighted by atomic mass is 35.5. The van der Waals surface area contributed by atoms with Crippen LogP contribution in [0.25, 0.3) is 17.1 Å². The molecule has 0 atom stereocenters. The van der Waals surface area contributed by atoms with Crippen molar-refractivity contribution in [2.45, 2.75) is 45.4 Å². The number of carbonyl (C=O) groups is 1. The number of rotatable bonds is 6. The summed E-state index contributed by atoms with van der Waals surface area (Å²) in [5, 5.41) is 11.6. The number of benzene rings is 2. The monoisotopic (exact) mass is 519 g/mol. The highest BCUT2D eigenvalue weighted by molar-refractivity contribution is 6.36. The number of piperidine rings is 1.